The van der Waals surface area contributed by atoms with Crippen molar-refractivity contribution in [1.29, 1.82) is 0 Å². The molecule has 3 aromatic rings. The Hall–Kier alpha value is -1.64. The highest BCUT2D eigenvalue weighted by atomic mass is 35.5. The van der Waals surface area contributed by atoms with Gasteiger partial charge in [-0.15, -0.1) is 11.8 Å². The lowest BCUT2D eigenvalue weighted by molar-refractivity contribution is 0.0391. The zero-order valence-electron chi connectivity index (χ0n) is 16.8. The molecule has 0 radical (unpaired) electrons. The summed E-state index contributed by atoms with van der Waals surface area (Å²) in [5, 5.41) is 1.30. The lowest BCUT2D eigenvalue weighted by Gasteiger charge is -2.29. The molecule has 8 heteroatoms. The van der Waals surface area contributed by atoms with Crippen LogP contribution in [0.15, 0.2) is 47.4 Å². The molecule has 0 bridgehead atoms. The second-order valence-corrected chi connectivity index (χ2v) is 9.65. The van der Waals surface area contributed by atoms with Crippen molar-refractivity contribution in [2.24, 2.45) is 0 Å². The average molecular weight is 462 g/mol. The van der Waals surface area contributed by atoms with Gasteiger partial charge in [-0.05, 0) is 30.0 Å². The minimum atomic E-state index is -0.0185. The summed E-state index contributed by atoms with van der Waals surface area (Å²) in [5.41, 5.74) is 1.47. The number of anilines is 1. The van der Waals surface area contributed by atoms with E-state index in [1.54, 1.807) is 11.8 Å². The summed E-state index contributed by atoms with van der Waals surface area (Å²) in [5.74, 6) is 0.893. The highest BCUT2D eigenvalue weighted by molar-refractivity contribution is 7.99. The van der Waals surface area contributed by atoms with E-state index < -0.39 is 0 Å². The number of nitrogens with zero attached hydrogens (tertiary/aromatic N) is 3. The summed E-state index contributed by atoms with van der Waals surface area (Å²) in [6.07, 6.45) is 0. The Morgan fingerprint density at radius 2 is 2.03 bits per heavy atom. The summed E-state index contributed by atoms with van der Waals surface area (Å²) in [6.45, 7) is 6.69. The van der Waals surface area contributed by atoms with Crippen molar-refractivity contribution in [2.75, 3.05) is 50.0 Å². The first-order valence-corrected chi connectivity index (χ1v) is 12.2. The molecule has 0 saturated carbocycles. The topological polar surface area (TPSA) is 45.7 Å². The van der Waals surface area contributed by atoms with E-state index in [1.807, 2.05) is 47.4 Å². The van der Waals surface area contributed by atoms with Gasteiger partial charge in [0.1, 0.15) is 5.52 Å². The van der Waals surface area contributed by atoms with Crippen LogP contribution in [0, 0.1) is 0 Å². The molecule has 4 rings (SSSR count). The van der Waals surface area contributed by atoms with E-state index in [1.165, 1.54) is 11.3 Å². The highest BCUT2D eigenvalue weighted by Crippen LogP contribution is 2.34. The smallest absolute Gasteiger partial charge is 0.261 e. The molecule has 0 N–H and O–H groups in total. The Morgan fingerprint density at radius 3 is 2.80 bits per heavy atom. The van der Waals surface area contributed by atoms with Crippen LogP contribution in [0.1, 0.15) is 17.3 Å². The number of fused-ring (bicyclic) bond motifs is 1. The number of ether oxygens (including phenoxy) is 1. The second kappa shape index (κ2) is 10.1. The van der Waals surface area contributed by atoms with Crippen molar-refractivity contribution >= 4 is 56.0 Å². The maximum Gasteiger partial charge on any atom is 0.261 e. The van der Waals surface area contributed by atoms with Crippen LogP contribution in [0.4, 0.5) is 5.13 Å². The maximum absolute atomic E-state index is 13.7. The fourth-order valence-corrected chi connectivity index (χ4v) is 5.53. The molecule has 5 nitrogen and oxygen atoms in total. The predicted octanol–water partition coefficient (Wildman–Crippen LogP) is 5.04. The zero-order chi connectivity index (χ0) is 20.9. The van der Waals surface area contributed by atoms with Gasteiger partial charge < -0.3 is 4.74 Å². The average Bonchev–Trinajstić information content (AvgIpc) is 3.20. The van der Waals surface area contributed by atoms with Gasteiger partial charge in [-0.2, -0.15) is 0 Å². The predicted molar refractivity (Wildman–Crippen MR) is 126 cm³/mol. The van der Waals surface area contributed by atoms with Crippen LogP contribution < -0.4 is 4.90 Å². The molecule has 0 unspecified atom stereocenters. The standard InChI is InChI=1S/C22H24ClN3O2S2/c1-2-29-18-8-4-3-6-16(18)21(27)26(11-10-25-12-14-28-15-13-25)22-24-20-17(23)7-5-9-19(20)30-22/h3-9H,2,10-15H2,1H3. The first-order valence-electron chi connectivity index (χ1n) is 10.1. The molecule has 0 atom stereocenters. The number of carbonyl (C=O) groups is 1. The number of thiazole rings is 1. The summed E-state index contributed by atoms with van der Waals surface area (Å²) in [6, 6.07) is 13.6. The summed E-state index contributed by atoms with van der Waals surface area (Å²) < 4.78 is 6.44. The Bertz CT molecular complexity index is 1020. The largest absolute Gasteiger partial charge is 0.379 e. The Morgan fingerprint density at radius 1 is 1.23 bits per heavy atom. The van der Waals surface area contributed by atoms with Crippen LogP contribution >= 0.6 is 34.7 Å². The van der Waals surface area contributed by atoms with E-state index in [2.05, 4.69) is 11.8 Å². The zero-order valence-corrected chi connectivity index (χ0v) is 19.2. The third kappa shape index (κ3) is 4.81. The van der Waals surface area contributed by atoms with Gasteiger partial charge in [0, 0.05) is 31.1 Å². The van der Waals surface area contributed by atoms with E-state index in [0.717, 1.165) is 59.3 Å². The van der Waals surface area contributed by atoms with Gasteiger partial charge in [-0.25, -0.2) is 4.98 Å². The molecule has 1 amide bonds. The molecule has 1 fully saturated rings. The van der Waals surface area contributed by atoms with E-state index in [4.69, 9.17) is 21.3 Å². The molecule has 0 aliphatic carbocycles. The molecule has 2 aromatic carbocycles. The highest BCUT2D eigenvalue weighted by Gasteiger charge is 2.25. The van der Waals surface area contributed by atoms with Crippen molar-refractivity contribution in [3.05, 3.63) is 53.1 Å². The third-order valence-corrected chi connectivity index (χ3v) is 7.30. The number of halogens is 1. The fourth-order valence-electron chi connectivity index (χ4n) is 3.44. The van der Waals surface area contributed by atoms with Crippen molar-refractivity contribution in [3.8, 4) is 0 Å². The Labute approximate surface area is 190 Å². The van der Waals surface area contributed by atoms with Crippen LogP contribution in [0.5, 0.6) is 0 Å². The lowest BCUT2D eigenvalue weighted by Crippen LogP contribution is -2.43. The number of hydrogen-bond donors (Lipinski definition) is 0. The van der Waals surface area contributed by atoms with Crippen LogP contribution in [0.3, 0.4) is 0 Å². The van der Waals surface area contributed by atoms with Gasteiger partial charge >= 0.3 is 0 Å². The minimum absolute atomic E-state index is 0.0185. The molecule has 158 valence electrons. The maximum atomic E-state index is 13.7. The first kappa shape index (κ1) is 21.6. The summed E-state index contributed by atoms with van der Waals surface area (Å²) >= 11 is 9.54. The molecule has 1 aromatic heterocycles. The Balaban J connectivity index is 1.67. The molecule has 2 heterocycles. The number of benzene rings is 2. The number of morpholine rings is 1. The lowest BCUT2D eigenvalue weighted by atomic mass is 10.2. The van der Waals surface area contributed by atoms with Gasteiger partial charge in [0.15, 0.2) is 5.13 Å². The summed E-state index contributed by atoms with van der Waals surface area (Å²) in [4.78, 5) is 23.6. The number of para-hydroxylation sites is 1. The molecular weight excluding hydrogens is 438 g/mol. The van der Waals surface area contributed by atoms with Crippen molar-refractivity contribution in [1.82, 2.24) is 9.88 Å². The quantitative estimate of drug-likeness (QED) is 0.461. The molecule has 1 aliphatic heterocycles. The molecule has 1 aliphatic rings. The number of aromatic nitrogens is 1. The fraction of sp³-hybridized carbons (Fsp3) is 0.364. The summed E-state index contributed by atoms with van der Waals surface area (Å²) in [7, 11) is 0. The van der Waals surface area contributed by atoms with Crippen LogP contribution in [0.2, 0.25) is 5.02 Å². The van der Waals surface area contributed by atoms with Crippen molar-refractivity contribution in [3.63, 3.8) is 0 Å². The number of carbonyl (C=O) groups excluding carboxylic acids is 1. The van der Waals surface area contributed by atoms with Gasteiger partial charge in [-0.1, -0.05) is 48.1 Å². The minimum Gasteiger partial charge on any atom is -0.379 e. The monoisotopic (exact) mass is 461 g/mol. The number of amides is 1. The van der Waals surface area contributed by atoms with Crippen LogP contribution in [-0.4, -0.2) is 60.9 Å². The molecule has 0 spiro atoms. The van der Waals surface area contributed by atoms with E-state index in [9.17, 15) is 4.79 Å². The van der Waals surface area contributed by atoms with Gasteiger partial charge in [0.05, 0.1) is 28.5 Å². The molecular formula is C22H24ClN3O2S2. The van der Waals surface area contributed by atoms with Gasteiger partial charge in [-0.3, -0.25) is 14.6 Å². The van der Waals surface area contributed by atoms with Gasteiger partial charge in [0.25, 0.3) is 5.91 Å². The van der Waals surface area contributed by atoms with Crippen molar-refractivity contribution < 1.29 is 9.53 Å². The normalized spacial score (nSPS) is 14.9. The van der Waals surface area contributed by atoms with Crippen LogP contribution in [-0.2, 0) is 4.74 Å². The second-order valence-electron chi connectivity index (χ2n) is 6.92. The van der Waals surface area contributed by atoms with Crippen LogP contribution in [0.25, 0.3) is 10.2 Å². The van der Waals surface area contributed by atoms with E-state index >= 15 is 0 Å². The number of rotatable bonds is 7. The van der Waals surface area contributed by atoms with E-state index in [-0.39, 0.29) is 5.91 Å². The van der Waals surface area contributed by atoms with Crippen molar-refractivity contribution in [2.45, 2.75) is 11.8 Å². The SMILES string of the molecule is CCSc1ccccc1C(=O)N(CCN1CCOCC1)c1nc2c(Cl)cccc2s1. The number of hydrogen-bond acceptors (Lipinski definition) is 6. The molecule has 1 saturated heterocycles. The molecule has 30 heavy (non-hydrogen) atoms. The number of thioether (sulfide) groups is 1. The third-order valence-electron chi connectivity index (χ3n) is 5.00. The van der Waals surface area contributed by atoms with E-state index in [0.29, 0.717) is 16.7 Å². The Kier molecular flexibility index (Phi) is 7.28. The first-order chi connectivity index (χ1) is 14.7. The van der Waals surface area contributed by atoms with Gasteiger partial charge in [0.2, 0.25) is 0 Å².